The van der Waals surface area contributed by atoms with Crippen molar-refractivity contribution >= 4 is 72.4 Å². The molecule has 0 aromatic rings. The molecule has 470 valence electrons. The molecule has 12 aliphatic rings. The highest BCUT2D eigenvalue weighted by Crippen LogP contribution is 2.24. The van der Waals surface area contributed by atoms with Gasteiger partial charge < -0.3 is 118 Å². The van der Waals surface area contributed by atoms with Gasteiger partial charge in [-0.3, -0.25) is 0 Å². The SMILES string of the molecule is CCN1CCN(CN2CCN(CN3CCN(CN4CCN(CN5CCN(CN6CCN(CN7CCN(CN8CCN(CN9CCN(CN%10CCN(CN%11CCN(CN%12CCN(C)C%12=O)C%11=O)C%10=O)C9=O)C8=O)C7=O)C6=O)C5=O)C4=O)C3=O)C2=O)C1=O. The fourth-order valence-electron chi connectivity index (χ4n) is 13.1. The highest BCUT2D eigenvalue weighted by atomic mass is 16.2. The Kier molecular flexibility index (Phi) is 15.8. The molecule has 12 aliphatic heterocycles. The molecule has 0 unspecified atom stereocenters. The zero-order chi connectivity index (χ0) is 60.2. The molecule has 0 aromatic heterocycles. The van der Waals surface area contributed by atoms with Gasteiger partial charge in [0, 0.05) is 171 Å². The van der Waals surface area contributed by atoms with Gasteiger partial charge in [0.05, 0.1) is 73.4 Å². The summed E-state index contributed by atoms with van der Waals surface area (Å²) in [5, 5.41) is 0. The minimum absolute atomic E-state index is 0.0323. The maximum absolute atomic E-state index is 13.7. The minimum atomic E-state index is -0.324. The first kappa shape index (κ1) is 57.7. The zero-order valence-corrected chi connectivity index (χ0v) is 49.1. The van der Waals surface area contributed by atoms with Gasteiger partial charge in [-0.25, -0.2) is 57.5 Å². The second kappa shape index (κ2) is 23.6. The predicted octanol–water partition coefficient (Wildman–Crippen LogP) is -2.98. The summed E-state index contributed by atoms with van der Waals surface area (Å²) in [5.41, 5.74) is 0. The monoisotopic (exact) mass is 1210 g/mol. The van der Waals surface area contributed by atoms with E-state index in [4.69, 9.17) is 0 Å². The second-order valence-corrected chi connectivity index (χ2v) is 23.7. The van der Waals surface area contributed by atoms with Gasteiger partial charge in [-0.05, 0) is 6.92 Å². The summed E-state index contributed by atoms with van der Waals surface area (Å²) in [5.74, 6) is 0. The van der Waals surface area contributed by atoms with Crippen LogP contribution in [0.2, 0.25) is 0 Å². The molecule has 12 fully saturated rings. The fraction of sp³-hybridized carbons (Fsp3) is 0.760. The lowest BCUT2D eigenvalue weighted by Gasteiger charge is -2.28. The fourth-order valence-corrected chi connectivity index (χ4v) is 13.1. The number of amides is 24. The molecule has 12 heterocycles. The van der Waals surface area contributed by atoms with Gasteiger partial charge in [0.25, 0.3) is 0 Å². The summed E-state index contributed by atoms with van der Waals surface area (Å²) >= 11 is 0. The first-order valence-electron chi connectivity index (χ1n) is 29.8. The van der Waals surface area contributed by atoms with Crippen LogP contribution >= 0.6 is 0 Å². The number of rotatable bonds is 23. The number of likely N-dealkylation sites (N-methyl/N-ethyl adjacent to an activating group) is 2. The van der Waals surface area contributed by atoms with Crippen molar-refractivity contribution in [3.63, 3.8) is 0 Å². The third-order valence-electron chi connectivity index (χ3n) is 18.4. The van der Waals surface area contributed by atoms with E-state index in [9.17, 15) is 57.5 Å². The van der Waals surface area contributed by atoms with Gasteiger partial charge >= 0.3 is 72.4 Å². The van der Waals surface area contributed by atoms with Crippen LogP contribution in [0.4, 0.5) is 57.5 Å². The Morgan fingerprint density at radius 3 is 0.384 bits per heavy atom. The van der Waals surface area contributed by atoms with Crippen LogP contribution in [0.1, 0.15) is 6.92 Å². The smallest absolute Gasteiger partial charge is 0.322 e. The first-order valence-corrected chi connectivity index (χ1v) is 29.8. The maximum atomic E-state index is 13.7. The molecule has 0 atom stereocenters. The molecule has 86 heavy (non-hydrogen) atoms. The molecule has 0 N–H and O–H groups in total. The molecular weight excluding hydrogens is 1130 g/mol. The van der Waals surface area contributed by atoms with E-state index < -0.39 is 0 Å². The van der Waals surface area contributed by atoms with Gasteiger partial charge in [0.2, 0.25) is 0 Å². The predicted molar refractivity (Wildman–Crippen MR) is 296 cm³/mol. The summed E-state index contributed by atoms with van der Waals surface area (Å²) in [7, 11) is 1.72. The molecule has 36 heteroatoms. The average Bonchev–Trinajstić information content (AvgIpc) is 4.14. The van der Waals surface area contributed by atoms with Crippen molar-refractivity contribution in [3.8, 4) is 0 Å². The van der Waals surface area contributed by atoms with Crippen LogP contribution in [0, 0.1) is 0 Å². The van der Waals surface area contributed by atoms with Crippen molar-refractivity contribution in [3.05, 3.63) is 0 Å². The summed E-state index contributed by atoms with van der Waals surface area (Å²) in [6.45, 7) is 13.2. The molecule has 0 bridgehead atoms. The molecule has 0 aliphatic carbocycles. The Balaban J connectivity index is 0.528. The lowest BCUT2D eigenvalue weighted by atomic mass is 10.5. The Hall–Kier alpha value is -8.76. The van der Waals surface area contributed by atoms with Gasteiger partial charge in [0.1, 0.15) is 0 Å². The highest BCUT2D eigenvalue weighted by molar-refractivity contribution is 5.85. The third kappa shape index (κ3) is 11.1. The molecular formula is C50H78N24O12. The van der Waals surface area contributed by atoms with Crippen molar-refractivity contribution in [2.75, 3.05) is 244 Å². The first-order chi connectivity index (χ1) is 41.4. The van der Waals surface area contributed by atoms with E-state index in [1.165, 1.54) is 0 Å². The molecule has 36 nitrogen and oxygen atoms in total. The van der Waals surface area contributed by atoms with Crippen molar-refractivity contribution in [1.29, 1.82) is 0 Å². The average molecular weight is 1210 g/mol. The number of hydrogen-bond donors (Lipinski definition) is 0. The molecule has 0 spiro atoms. The van der Waals surface area contributed by atoms with Gasteiger partial charge in [0.15, 0.2) is 0 Å². The molecule has 0 saturated carbocycles. The summed E-state index contributed by atoms with van der Waals surface area (Å²) in [6, 6.07) is -3.15. The summed E-state index contributed by atoms with van der Waals surface area (Å²) in [6.07, 6.45) is 0. The van der Waals surface area contributed by atoms with E-state index in [0.717, 1.165) is 0 Å². The maximum Gasteiger partial charge on any atom is 0.322 e. The van der Waals surface area contributed by atoms with Crippen LogP contribution in [0.15, 0.2) is 0 Å². The topological polar surface area (TPSA) is 283 Å². The van der Waals surface area contributed by atoms with E-state index >= 15 is 0 Å². The van der Waals surface area contributed by atoms with Crippen LogP contribution in [0.25, 0.3) is 0 Å². The van der Waals surface area contributed by atoms with Crippen LogP contribution < -0.4 is 0 Å². The van der Waals surface area contributed by atoms with Crippen LogP contribution in [-0.2, 0) is 0 Å². The van der Waals surface area contributed by atoms with Crippen molar-refractivity contribution in [2.45, 2.75) is 6.92 Å². The van der Waals surface area contributed by atoms with E-state index in [1.807, 2.05) is 6.92 Å². The van der Waals surface area contributed by atoms with Gasteiger partial charge in [-0.2, -0.15) is 0 Å². The number of carbonyl (C=O) groups is 12. The van der Waals surface area contributed by atoms with Crippen LogP contribution in [0.5, 0.6) is 0 Å². The van der Waals surface area contributed by atoms with Crippen molar-refractivity contribution in [2.24, 2.45) is 0 Å². The number of carbonyl (C=O) groups excluding carboxylic acids is 12. The Morgan fingerprint density at radius 1 is 0.174 bits per heavy atom. The Bertz CT molecular complexity index is 2770. The van der Waals surface area contributed by atoms with E-state index in [2.05, 4.69) is 0 Å². The molecule has 0 radical (unpaired) electrons. The third-order valence-corrected chi connectivity index (χ3v) is 18.4. The number of hydrogen-bond acceptors (Lipinski definition) is 12. The molecule has 0 aromatic carbocycles. The summed E-state index contributed by atoms with van der Waals surface area (Å²) < 4.78 is 0. The Morgan fingerprint density at radius 2 is 0.279 bits per heavy atom. The Labute approximate surface area is 497 Å². The largest absolute Gasteiger partial charge is 0.326 e. The van der Waals surface area contributed by atoms with E-state index in [1.54, 1.807) is 125 Å². The van der Waals surface area contributed by atoms with Crippen molar-refractivity contribution < 1.29 is 57.5 Å². The van der Waals surface area contributed by atoms with Gasteiger partial charge in [-0.15, -0.1) is 0 Å². The number of urea groups is 12. The summed E-state index contributed by atoms with van der Waals surface area (Å²) in [4.78, 5) is 198. The lowest BCUT2D eigenvalue weighted by Crippen LogP contribution is -2.48. The second-order valence-electron chi connectivity index (χ2n) is 23.7. The quantitative estimate of drug-likeness (QED) is 0.0992. The zero-order valence-electron chi connectivity index (χ0n) is 49.1. The van der Waals surface area contributed by atoms with E-state index in [0.29, 0.717) is 164 Å². The minimum Gasteiger partial charge on any atom is -0.326 e. The van der Waals surface area contributed by atoms with Gasteiger partial charge in [-0.1, -0.05) is 0 Å². The van der Waals surface area contributed by atoms with Crippen molar-refractivity contribution in [1.82, 2.24) is 118 Å². The standard InChI is InChI=1S/C50H78N24O12/c1-3-52-6-7-54(40(52)76)29-56-10-11-58(42(56)78)31-60-14-15-62(44(60)80)33-64-18-19-66(46(64)82)35-68-22-23-70(48(68)84)37-72-26-27-74(50(72)86)38-73-25-24-71(49(73)85)36-69-21-20-67(47(69)83)34-65-17-16-63(45(65)81)32-61-13-12-59(43(61)79)30-57-9-8-55(41(57)77)28-53-5-4-51(2)39(53)75/h3-38H2,1-2H3. The molecule has 12 saturated heterocycles. The van der Waals surface area contributed by atoms with Crippen LogP contribution in [0.3, 0.4) is 0 Å². The highest BCUT2D eigenvalue weighted by Gasteiger charge is 2.45. The molecule has 12 rings (SSSR count). The van der Waals surface area contributed by atoms with Crippen LogP contribution in [-0.4, -0.2) is 434 Å². The lowest BCUT2D eigenvalue weighted by molar-refractivity contribution is 0.132. The number of nitrogens with zero attached hydrogens (tertiary/aromatic N) is 24. The normalized spacial score (nSPS) is 23.8. The molecule has 24 amide bonds. The van der Waals surface area contributed by atoms with E-state index in [-0.39, 0.29) is 146 Å².